The van der Waals surface area contributed by atoms with Gasteiger partial charge >= 0.3 is 0 Å². The van der Waals surface area contributed by atoms with Crippen LogP contribution in [0.1, 0.15) is 33.9 Å². The first kappa shape index (κ1) is 13.7. The minimum Gasteiger partial charge on any atom is -0.384 e. The molecule has 0 heterocycles. The number of hydrogen-bond acceptors (Lipinski definition) is 1. The highest BCUT2D eigenvalue weighted by atomic mass is 19.1. The van der Waals surface area contributed by atoms with Gasteiger partial charge in [0.1, 0.15) is 17.7 Å². The Morgan fingerprint density at radius 3 is 2.05 bits per heavy atom. The number of benzene rings is 2. The third-order valence-corrected chi connectivity index (χ3v) is 3.28. The molecule has 1 N–H and O–H groups in total. The Labute approximate surface area is 111 Å². The summed E-state index contributed by atoms with van der Waals surface area (Å²) in [6.45, 7) is 5.20. The molecule has 0 aliphatic heterocycles. The van der Waals surface area contributed by atoms with Gasteiger partial charge in [0.2, 0.25) is 0 Å². The molecule has 0 aliphatic rings. The molecule has 1 atom stereocenters. The van der Waals surface area contributed by atoms with Crippen molar-refractivity contribution in [1.82, 2.24) is 0 Å². The maximum atomic E-state index is 13.9. The van der Waals surface area contributed by atoms with Gasteiger partial charge in [-0.3, -0.25) is 0 Å². The average molecular weight is 262 g/mol. The summed E-state index contributed by atoms with van der Waals surface area (Å²) in [5.74, 6) is -0.800. The SMILES string of the molecule is Cc1ccc(C(O)c2c(C)cc(F)cc2C)c(F)c1. The molecule has 0 amide bonds. The molecule has 0 bridgehead atoms. The monoisotopic (exact) mass is 262 g/mol. The second-order valence-corrected chi connectivity index (χ2v) is 4.88. The van der Waals surface area contributed by atoms with Crippen molar-refractivity contribution < 1.29 is 13.9 Å². The molecule has 2 aromatic carbocycles. The Balaban J connectivity index is 2.53. The molecule has 0 radical (unpaired) electrons. The van der Waals surface area contributed by atoms with Crippen LogP contribution in [-0.2, 0) is 0 Å². The van der Waals surface area contributed by atoms with E-state index in [1.54, 1.807) is 32.9 Å². The Kier molecular flexibility index (Phi) is 3.67. The molecule has 3 heteroatoms. The van der Waals surface area contributed by atoms with Crippen molar-refractivity contribution in [3.63, 3.8) is 0 Å². The van der Waals surface area contributed by atoms with E-state index in [0.29, 0.717) is 16.7 Å². The van der Waals surface area contributed by atoms with E-state index < -0.39 is 11.9 Å². The van der Waals surface area contributed by atoms with E-state index >= 15 is 0 Å². The summed E-state index contributed by atoms with van der Waals surface area (Å²) in [6.07, 6.45) is -1.08. The summed E-state index contributed by atoms with van der Waals surface area (Å²) < 4.78 is 27.1. The van der Waals surface area contributed by atoms with Gasteiger partial charge in [0.05, 0.1) is 0 Å². The van der Waals surface area contributed by atoms with Crippen molar-refractivity contribution in [1.29, 1.82) is 0 Å². The summed E-state index contributed by atoms with van der Waals surface area (Å²) in [6, 6.07) is 7.38. The third kappa shape index (κ3) is 2.66. The molecule has 1 nitrogen and oxygen atoms in total. The fourth-order valence-corrected chi connectivity index (χ4v) is 2.36. The van der Waals surface area contributed by atoms with Crippen LogP contribution in [0.4, 0.5) is 8.78 Å². The minimum atomic E-state index is -1.08. The van der Waals surface area contributed by atoms with Crippen LogP contribution in [0.3, 0.4) is 0 Å². The van der Waals surface area contributed by atoms with Gasteiger partial charge in [0.25, 0.3) is 0 Å². The highest BCUT2D eigenvalue weighted by Gasteiger charge is 2.19. The maximum Gasteiger partial charge on any atom is 0.129 e. The van der Waals surface area contributed by atoms with Gasteiger partial charge in [0, 0.05) is 5.56 Å². The molecule has 19 heavy (non-hydrogen) atoms. The fraction of sp³-hybridized carbons (Fsp3) is 0.250. The van der Waals surface area contributed by atoms with Crippen molar-refractivity contribution in [2.75, 3.05) is 0 Å². The molecule has 100 valence electrons. The van der Waals surface area contributed by atoms with Gasteiger partial charge in [-0.1, -0.05) is 12.1 Å². The zero-order valence-electron chi connectivity index (χ0n) is 11.2. The number of aryl methyl sites for hydroxylation is 3. The van der Waals surface area contributed by atoms with Crippen LogP contribution in [0, 0.1) is 32.4 Å². The summed E-state index contributed by atoms with van der Waals surface area (Å²) in [7, 11) is 0. The summed E-state index contributed by atoms with van der Waals surface area (Å²) >= 11 is 0. The smallest absolute Gasteiger partial charge is 0.129 e. The van der Waals surface area contributed by atoms with Crippen LogP contribution in [0.15, 0.2) is 30.3 Å². The van der Waals surface area contributed by atoms with Crippen molar-refractivity contribution in [3.05, 3.63) is 69.8 Å². The Bertz CT molecular complexity index is 597. The lowest BCUT2D eigenvalue weighted by molar-refractivity contribution is 0.213. The van der Waals surface area contributed by atoms with Crippen LogP contribution >= 0.6 is 0 Å². The van der Waals surface area contributed by atoms with E-state index in [9.17, 15) is 13.9 Å². The summed E-state index contributed by atoms with van der Waals surface area (Å²) in [5.41, 5.74) is 2.79. The van der Waals surface area contributed by atoms with Gasteiger partial charge in [-0.15, -0.1) is 0 Å². The first-order valence-corrected chi connectivity index (χ1v) is 6.11. The molecule has 0 spiro atoms. The highest BCUT2D eigenvalue weighted by molar-refractivity contribution is 5.41. The number of halogens is 2. The molecule has 2 aromatic rings. The average Bonchev–Trinajstić information content (AvgIpc) is 2.26. The predicted octanol–water partition coefficient (Wildman–Crippen LogP) is 3.97. The zero-order valence-corrected chi connectivity index (χ0v) is 11.2. The molecule has 0 fully saturated rings. The van der Waals surface area contributed by atoms with E-state index in [1.807, 2.05) is 0 Å². The second kappa shape index (κ2) is 5.10. The summed E-state index contributed by atoms with van der Waals surface area (Å²) in [5, 5.41) is 10.4. The Morgan fingerprint density at radius 2 is 1.53 bits per heavy atom. The minimum absolute atomic E-state index is 0.211. The normalized spacial score (nSPS) is 12.5. The van der Waals surface area contributed by atoms with Crippen LogP contribution in [-0.4, -0.2) is 5.11 Å². The van der Waals surface area contributed by atoms with Crippen LogP contribution in [0.25, 0.3) is 0 Å². The van der Waals surface area contributed by atoms with Crippen molar-refractivity contribution >= 4 is 0 Å². The van der Waals surface area contributed by atoms with E-state index in [2.05, 4.69) is 0 Å². The van der Waals surface area contributed by atoms with E-state index in [4.69, 9.17) is 0 Å². The van der Waals surface area contributed by atoms with Gasteiger partial charge < -0.3 is 5.11 Å². The molecule has 0 saturated heterocycles. The lowest BCUT2D eigenvalue weighted by Crippen LogP contribution is -2.07. The van der Waals surface area contributed by atoms with Crippen molar-refractivity contribution in [3.8, 4) is 0 Å². The lowest BCUT2D eigenvalue weighted by atomic mass is 9.92. The fourth-order valence-electron chi connectivity index (χ4n) is 2.36. The standard InChI is InChI=1S/C16H16F2O/c1-9-4-5-13(14(18)6-9)16(19)15-10(2)7-12(17)8-11(15)3/h4-8,16,19H,1-3H3. The second-order valence-electron chi connectivity index (χ2n) is 4.88. The molecular weight excluding hydrogens is 246 g/mol. The third-order valence-electron chi connectivity index (χ3n) is 3.28. The Hall–Kier alpha value is -1.74. The number of rotatable bonds is 2. The number of aliphatic hydroxyl groups is 1. The zero-order chi connectivity index (χ0) is 14.2. The molecule has 1 unspecified atom stereocenters. The maximum absolute atomic E-state index is 13.9. The molecule has 0 aromatic heterocycles. The van der Waals surface area contributed by atoms with E-state index in [0.717, 1.165) is 5.56 Å². The van der Waals surface area contributed by atoms with Crippen LogP contribution in [0.5, 0.6) is 0 Å². The molecular formula is C16H16F2O. The number of hydrogen-bond donors (Lipinski definition) is 1. The quantitative estimate of drug-likeness (QED) is 0.868. The van der Waals surface area contributed by atoms with Gasteiger partial charge in [-0.25, -0.2) is 8.78 Å². The van der Waals surface area contributed by atoms with E-state index in [1.165, 1.54) is 18.2 Å². The predicted molar refractivity (Wildman–Crippen MR) is 71.1 cm³/mol. The van der Waals surface area contributed by atoms with Crippen LogP contribution in [0.2, 0.25) is 0 Å². The topological polar surface area (TPSA) is 20.2 Å². The first-order chi connectivity index (χ1) is 8.90. The van der Waals surface area contributed by atoms with E-state index in [-0.39, 0.29) is 11.4 Å². The van der Waals surface area contributed by atoms with Gasteiger partial charge in [0.15, 0.2) is 0 Å². The lowest BCUT2D eigenvalue weighted by Gasteiger charge is -2.18. The summed E-state index contributed by atoms with van der Waals surface area (Å²) in [4.78, 5) is 0. The Morgan fingerprint density at radius 1 is 0.947 bits per heavy atom. The van der Waals surface area contributed by atoms with Crippen molar-refractivity contribution in [2.45, 2.75) is 26.9 Å². The first-order valence-electron chi connectivity index (χ1n) is 6.11. The molecule has 0 saturated carbocycles. The molecule has 0 aliphatic carbocycles. The van der Waals surface area contributed by atoms with Crippen LogP contribution < -0.4 is 0 Å². The number of aliphatic hydroxyl groups excluding tert-OH is 1. The molecule has 2 rings (SSSR count). The highest BCUT2D eigenvalue weighted by Crippen LogP contribution is 2.30. The van der Waals surface area contributed by atoms with Gasteiger partial charge in [-0.05, 0) is 61.2 Å². The largest absolute Gasteiger partial charge is 0.384 e. The van der Waals surface area contributed by atoms with Crippen molar-refractivity contribution in [2.24, 2.45) is 0 Å². The van der Waals surface area contributed by atoms with Gasteiger partial charge in [-0.2, -0.15) is 0 Å².